The van der Waals surface area contributed by atoms with Gasteiger partial charge in [0.2, 0.25) is 0 Å². The normalized spacial score (nSPS) is 26.7. The zero-order chi connectivity index (χ0) is 8.70. The lowest BCUT2D eigenvalue weighted by atomic mass is 9.74. The van der Waals surface area contributed by atoms with Crippen LogP contribution < -0.4 is 5.32 Å². The molecule has 1 nitrogen and oxygen atoms in total. The van der Waals surface area contributed by atoms with Gasteiger partial charge in [-0.3, -0.25) is 0 Å². The van der Waals surface area contributed by atoms with Gasteiger partial charge in [0.15, 0.2) is 0 Å². The van der Waals surface area contributed by atoms with E-state index in [0.29, 0.717) is 0 Å². The Bertz CT molecular complexity index is 141. The van der Waals surface area contributed by atoms with Crippen molar-refractivity contribution in [1.29, 1.82) is 0 Å². The minimum atomic E-state index is -2.42. The molecular weight excluding hydrogens is 148 g/mol. The van der Waals surface area contributed by atoms with Crippen LogP contribution in [0, 0.1) is 0 Å². The summed E-state index contributed by atoms with van der Waals surface area (Å²) in [7, 11) is 0. The molecule has 0 saturated heterocycles. The van der Waals surface area contributed by atoms with Gasteiger partial charge in [-0.1, -0.05) is 13.8 Å². The van der Waals surface area contributed by atoms with Crippen LogP contribution in [-0.4, -0.2) is 17.5 Å². The van der Waals surface area contributed by atoms with Gasteiger partial charge in [-0.2, -0.15) is 0 Å². The maximum atomic E-state index is 12.4. The lowest BCUT2D eigenvalue weighted by Gasteiger charge is -2.46. The van der Waals surface area contributed by atoms with E-state index in [0.717, 1.165) is 0 Å². The minimum absolute atomic E-state index is 0.0157. The number of rotatable bonds is 2. The van der Waals surface area contributed by atoms with E-state index in [2.05, 4.69) is 5.32 Å². The summed E-state index contributed by atoms with van der Waals surface area (Å²) in [6, 6.07) is 0.288. The van der Waals surface area contributed by atoms with Crippen molar-refractivity contribution in [3.8, 4) is 0 Å². The predicted octanol–water partition coefficient (Wildman–Crippen LogP) is 2.17. The van der Waals surface area contributed by atoms with E-state index in [1.165, 1.54) is 0 Å². The molecule has 1 rings (SSSR count). The second kappa shape index (κ2) is 2.41. The average molecular weight is 163 g/mol. The summed E-state index contributed by atoms with van der Waals surface area (Å²) >= 11 is 0. The smallest absolute Gasteiger partial charge is 0.251 e. The van der Waals surface area contributed by atoms with Crippen LogP contribution in [-0.2, 0) is 0 Å². The van der Waals surface area contributed by atoms with E-state index >= 15 is 0 Å². The first-order valence-electron chi connectivity index (χ1n) is 3.99. The molecule has 0 aromatic carbocycles. The standard InChI is InChI=1S/C8H15F2N/c1-6(2)11-7(3)4-8(9,10)5-7/h6,11H,4-5H2,1-3H3. The van der Waals surface area contributed by atoms with Gasteiger partial charge in [0.05, 0.1) is 0 Å². The van der Waals surface area contributed by atoms with Crippen molar-refractivity contribution < 1.29 is 8.78 Å². The Labute approximate surface area is 66.2 Å². The summed E-state index contributed by atoms with van der Waals surface area (Å²) < 4.78 is 24.9. The summed E-state index contributed by atoms with van der Waals surface area (Å²) in [5.74, 6) is -2.42. The van der Waals surface area contributed by atoms with Crippen LogP contribution in [0.5, 0.6) is 0 Å². The minimum Gasteiger partial charge on any atom is -0.309 e. The molecule has 1 aliphatic carbocycles. The molecule has 0 radical (unpaired) electrons. The topological polar surface area (TPSA) is 12.0 Å². The summed E-state index contributed by atoms with van der Waals surface area (Å²) in [6.07, 6.45) is -0.0314. The average Bonchev–Trinajstić information content (AvgIpc) is 1.52. The number of halogens is 2. The molecule has 1 fully saturated rings. The highest BCUT2D eigenvalue weighted by Crippen LogP contribution is 2.45. The molecule has 1 aliphatic rings. The molecule has 0 unspecified atom stereocenters. The van der Waals surface area contributed by atoms with Gasteiger partial charge in [-0.15, -0.1) is 0 Å². The lowest BCUT2D eigenvalue weighted by molar-refractivity contribution is -0.129. The van der Waals surface area contributed by atoms with Gasteiger partial charge < -0.3 is 5.32 Å². The number of hydrogen-bond donors (Lipinski definition) is 1. The van der Waals surface area contributed by atoms with Crippen molar-refractivity contribution in [3.05, 3.63) is 0 Å². The fourth-order valence-electron chi connectivity index (χ4n) is 1.89. The van der Waals surface area contributed by atoms with Crippen LogP contribution in [0.3, 0.4) is 0 Å². The van der Waals surface area contributed by atoms with E-state index in [4.69, 9.17) is 0 Å². The third-order valence-corrected chi connectivity index (χ3v) is 1.93. The SMILES string of the molecule is CC(C)NC1(C)CC(F)(F)C1. The summed E-state index contributed by atoms with van der Waals surface area (Å²) in [6.45, 7) is 5.80. The molecule has 1 N–H and O–H groups in total. The van der Waals surface area contributed by atoms with Crippen molar-refractivity contribution >= 4 is 0 Å². The highest BCUT2D eigenvalue weighted by molar-refractivity contribution is 5.03. The molecule has 1 saturated carbocycles. The Morgan fingerprint density at radius 3 is 2.00 bits per heavy atom. The summed E-state index contributed by atoms with van der Waals surface area (Å²) in [5.41, 5.74) is -0.322. The van der Waals surface area contributed by atoms with E-state index in [1.54, 1.807) is 0 Å². The van der Waals surface area contributed by atoms with E-state index in [9.17, 15) is 8.78 Å². The van der Waals surface area contributed by atoms with Crippen molar-refractivity contribution in [3.63, 3.8) is 0 Å². The van der Waals surface area contributed by atoms with Crippen molar-refractivity contribution in [2.24, 2.45) is 0 Å². The number of hydrogen-bond acceptors (Lipinski definition) is 1. The lowest BCUT2D eigenvalue weighted by Crippen LogP contribution is -2.60. The first kappa shape index (κ1) is 8.91. The van der Waals surface area contributed by atoms with Crippen LogP contribution in [0.2, 0.25) is 0 Å². The van der Waals surface area contributed by atoms with Crippen LogP contribution in [0.25, 0.3) is 0 Å². The monoisotopic (exact) mass is 163 g/mol. The Morgan fingerprint density at radius 2 is 1.73 bits per heavy atom. The maximum absolute atomic E-state index is 12.4. The molecule has 0 aliphatic heterocycles. The fraction of sp³-hybridized carbons (Fsp3) is 1.00. The third kappa shape index (κ3) is 2.12. The largest absolute Gasteiger partial charge is 0.309 e. The predicted molar refractivity (Wildman–Crippen MR) is 40.9 cm³/mol. The van der Waals surface area contributed by atoms with Crippen LogP contribution in [0.15, 0.2) is 0 Å². The van der Waals surface area contributed by atoms with E-state index in [1.807, 2.05) is 20.8 Å². The summed E-state index contributed by atoms with van der Waals surface area (Å²) in [4.78, 5) is 0. The quantitative estimate of drug-likeness (QED) is 0.657. The first-order valence-corrected chi connectivity index (χ1v) is 3.99. The Kier molecular flexibility index (Phi) is 1.95. The van der Waals surface area contributed by atoms with Crippen LogP contribution >= 0.6 is 0 Å². The molecule has 0 atom stereocenters. The van der Waals surface area contributed by atoms with Crippen molar-refractivity contribution in [2.75, 3.05) is 0 Å². The van der Waals surface area contributed by atoms with E-state index in [-0.39, 0.29) is 24.4 Å². The van der Waals surface area contributed by atoms with Crippen molar-refractivity contribution in [2.45, 2.75) is 51.1 Å². The molecule has 11 heavy (non-hydrogen) atoms. The number of alkyl halides is 2. The molecular formula is C8H15F2N. The van der Waals surface area contributed by atoms with Crippen LogP contribution in [0.1, 0.15) is 33.6 Å². The van der Waals surface area contributed by atoms with Gasteiger partial charge in [0, 0.05) is 24.4 Å². The second-order valence-corrected chi connectivity index (χ2v) is 4.07. The molecule has 66 valence electrons. The first-order chi connectivity index (χ1) is 4.83. The van der Waals surface area contributed by atoms with Gasteiger partial charge in [-0.05, 0) is 6.92 Å². The highest BCUT2D eigenvalue weighted by Gasteiger charge is 2.53. The Morgan fingerprint density at radius 1 is 1.27 bits per heavy atom. The van der Waals surface area contributed by atoms with Crippen LogP contribution in [0.4, 0.5) is 8.78 Å². The van der Waals surface area contributed by atoms with E-state index < -0.39 is 5.92 Å². The molecule has 0 heterocycles. The Balaban J connectivity index is 2.37. The zero-order valence-corrected chi connectivity index (χ0v) is 7.25. The van der Waals surface area contributed by atoms with Gasteiger partial charge in [0.1, 0.15) is 0 Å². The molecule has 0 spiro atoms. The van der Waals surface area contributed by atoms with Gasteiger partial charge in [-0.25, -0.2) is 8.78 Å². The Hall–Kier alpha value is -0.180. The second-order valence-electron chi connectivity index (χ2n) is 4.07. The molecule has 3 heteroatoms. The molecule has 0 aromatic heterocycles. The van der Waals surface area contributed by atoms with Gasteiger partial charge >= 0.3 is 0 Å². The number of nitrogens with one attached hydrogen (secondary N) is 1. The summed E-state index contributed by atoms with van der Waals surface area (Å²) in [5, 5.41) is 3.13. The third-order valence-electron chi connectivity index (χ3n) is 1.93. The molecule has 0 bridgehead atoms. The van der Waals surface area contributed by atoms with Crippen molar-refractivity contribution in [1.82, 2.24) is 5.32 Å². The van der Waals surface area contributed by atoms with Gasteiger partial charge in [0.25, 0.3) is 5.92 Å². The zero-order valence-electron chi connectivity index (χ0n) is 7.25. The highest BCUT2D eigenvalue weighted by atomic mass is 19.3. The molecule has 0 aromatic rings. The fourth-order valence-corrected chi connectivity index (χ4v) is 1.89. The maximum Gasteiger partial charge on any atom is 0.251 e. The molecule has 0 amide bonds.